The van der Waals surface area contributed by atoms with E-state index in [0.717, 1.165) is 12.3 Å². The summed E-state index contributed by atoms with van der Waals surface area (Å²) in [7, 11) is 0. The molecule has 0 radical (unpaired) electrons. The summed E-state index contributed by atoms with van der Waals surface area (Å²) >= 11 is 1.57. The van der Waals surface area contributed by atoms with Gasteiger partial charge in [-0.15, -0.1) is 10.2 Å². The smallest absolute Gasteiger partial charge is 0.277 e. The molecule has 0 fully saturated rings. The van der Waals surface area contributed by atoms with Crippen molar-refractivity contribution in [2.75, 3.05) is 13.2 Å². The highest BCUT2D eigenvalue weighted by Gasteiger charge is 2.32. The van der Waals surface area contributed by atoms with Gasteiger partial charge in [-0.25, -0.2) is 0 Å². The van der Waals surface area contributed by atoms with E-state index < -0.39 is 0 Å². The Morgan fingerprint density at radius 2 is 2.20 bits per heavy atom. The fourth-order valence-corrected chi connectivity index (χ4v) is 3.39. The standard InChI is InChI=1S/C14H17N3O2S/c1-3-15-13-10-6-4-5-7-11(10)18-8-12(13)20-14-17-16-9(2)19-14/h4-7,12-13,15H,3,8H2,1-2H3. The first kappa shape index (κ1) is 13.5. The summed E-state index contributed by atoms with van der Waals surface area (Å²) < 4.78 is 11.3. The van der Waals surface area contributed by atoms with Crippen LogP contribution in [0.25, 0.3) is 0 Å². The van der Waals surface area contributed by atoms with Gasteiger partial charge in [0.2, 0.25) is 5.89 Å². The molecular formula is C14H17N3O2S. The third-order valence-corrected chi connectivity index (χ3v) is 4.29. The number of nitrogens with one attached hydrogen (secondary N) is 1. The molecule has 3 rings (SSSR count). The Kier molecular flexibility index (Phi) is 3.93. The minimum Gasteiger partial charge on any atom is -0.492 e. The van der Waals surface area contributed by atoms with Gasteiger partial charge in [0.15, 0.2) is 0 Å². The van der Waals surface area contributed by atoms with E-state index in [2.05, 4.69) is 28.5 Å². The first-order chi connectivity index (χ1) is 9.78. The van der Waals surface area contributed by atoms with Gasteiger partial charge in [0.1, 0.15) is 12.4 Å². The predicted octanol–water partition coefficient (Wildman–Crippen LogP) is 2.58. The summed E-state index contributed by atoms with van der Waals surface area (Å²) in [5.41, 5.74) is 1.19. The third kappa shape index (κ3) is 2.66. The van der Waals surface area contributed by atoms with E-state index in [1.54, 1.807) is 18.7 Å². The molecule has 0 saturated heterocycles. The van der Waals surface area contributed by atoms with E-state index in [1.165, 1.54) is 5.56 Å². The van der Waals surface area contributed by atoms with Crippen LogP contribution in [0.2, 0.25) is 0 Å². The average molecular weight is 291 g/mol. The van der Waals surface area contributed by atoms with Gasteiger partial charge in [0, 0.05) is 12.5 Å². The maximum atomic E-state index is 5.84. The Labute approximate surface area is 122 Å². The van der Waals surface area contributed by atoms with Crippen LogP contribution in [0, 0.1) is 6.92 Å². The van der Waals surface area contributed by atoms with Crippen molar-refractivity contribution in [3.63, 3.8) is 0 Å². The molecule has 2 heterocycles. The zero-order valence-corrected chi connectivity index (χ0v) is 12.3. The van der Waals surface area contributed by atoms with E-state index in [-0.39, 0.29) is 11.3 Å². The second-order valence-electron chi connectivity index (χ2n) is 4.63. The largest absolute Gasteiger partial charge is 0.492 e. The number of thioether (sulfide) groups is 1. The van der Waals surface area contributed by atoms with Crippen LogP contribution in [0.4, 0.5) is 0 Å². The number of ether oxygens (including phenoxy) is 1. The number of aromatic nitrogens is 2. The van der Waals surface area contributed by atoms with Crippen molar-refractivity contribution in [3.05, 3.63) is 35.7 Å². The fourth-order valence-electron chi connectivity index (χ4n) is 2.36. The molecule has 6 heteroatoms. The van der Waals surface area contributed by atoms with Crippen LogP contribution in [0.15, 0.2) is 33.9 Å². The Morgan fingerprint density at radius 1 is 1.35 bits per heavy atom. The van der Waals surface area contributed by atoms with Gasteiger partial charge >= 0.3 is 0 Å². The summed E-state index contributed by atoms with van der Waals surface area (Å²) in [6, 6.07) is 8.38. The number of para-hydroxylation sites is 1. The van der Waals surface area contributed by atoms with Crippen LogP contribution in [-0.2, 0) is 0 Å². The molecule has 1 aromatic heterocycles. The third-order valence-electron chi connectivity index (χ3n) is 3.21. The summed E-state index contributed by atoms with van der Waals surface area (Å²) in [5.74, 6) is 1.54. The maximum Gasteiger partial charge on any atom is 0.277 e. The number of hydrogen-bond donors (Lipinski definition) is 1. The number of nitrogens with zero attached hydrogens (tertiary/aromatic N) is 2. The summed E-state index contributed by atoms with van der Waals surface area (Å²) in [6.07, 6.45) is 0. The molecule has 5 nitrogen and oxygen atoms in total. The first-order valence-corrected chi connectivity index (χ1v) is 7.57. The monoisotopic (exact) mass is 291 g/mol. The van der Waals surface area contributed by atoms with Crippen molar-refractivity contribution in [1.29, 1.82) is 0 Å². The highest BCUT2D eigenvalue weighted by atomic mass is 32.2. The van der Waals surface area contributed by atoms with E-state index in [4.69, 9.17) is 9.15 Å². The lowest BCUT2D eigenvalue weighted by Crippen LogP contribution is -2.37. The normalized spacial score (nSPS) is 21.3. The highest BCUT2D eigenvalue weighted by Crippen LogP contribution is 2.39. The highest BCUT2D eigenvalue weighted by molar-refractivity contribution is 7.99. The van der Waals surface area contributed by atoms with Crippen molar-refractivity contribution < 1.29 is 9.15 Å². The van der Waals surface area contributed by atoms with Crippen molar-refractivity contribution in [1.82, 2.24) is 15.5 Å². The Balaban J connectivity index is 1.84. The first-order valence-electron chi connectivity index (χ1n) is 6.70. The molecule has 2 aromatic rings. The van der Waals surface area contributed by atoms with Gasteiger partial charge in [-0.05, 0) is 12.6 Å². The lowest BCUT2D eigenvalue weighted by Gasteiger charge is -2.32. The topological polar surface area (TPSA) is 60.2 Å². The zero-order valence-electron chi connectivity index (χ0n) is 11.5. The Morgan fingerprint density at radius 3 is 2.95 bits per heavy atom. The van der Waals surface area contributed by atoms with Crippen molar-refractivity contribution >= 4 is 11.8 Å². The number of aryl methyl sites for hydroxylation is 1. The molecule has 1 aliphatic rings. The molecular weight excluding hydrogens is 274 g/mol. The van der Waals surface area contributed by atoms with Gasteiger partial charge in [-0.3, -0.25) is 0 Å². The second-order valence-corrected chi connectivity index (χ2v) is 5.82. The van der Waals surface area contributed by atoms with Crippen LogP contribution in [0.3, 0.4) is 0 Å². The number of benzene rings is 1. The molecule has 1 aliphatic heterocycles. The second kappa shape index (κ2) is 5.85. The Hall–Kier alpha value is -1.53. The average Bonchev–Trinajstić information content (AvgIpc) is 2.87. The molecule has 0 saturated carbocycles. The summed E-state index contributed by atoms with van der Waals surface area (Å²) in [5, 5.41) is 12.3. The van der Waals surface area contributed by atoms with Gasteiger partial charge in [0.25, 0.3) is 5.22 Å². The van der Waals surface area contributed by atoms with Crippen molar-refractivity contribution in [2.24, 2.45) is 0 Å². The van der Waals surface area contributed by atoms with Crippen LogP contribution in [-0.4, -0.2) is 28.6 Å². The lowest BCUT2D eigenvalue weighted by molar-refractivity contribution is 0.260. The molecule has 0 spiro atoms. The van der Waals surface area contributed by atoms with Gasteiger partial charge in [-0.2, -0.15) is 0 Å². The predicted molar refractivity (Wildman–Crippen MR) is 77.0 cm³/mol. The molecule has 0 bridgehead atoms. The van der Waals surface area contributed by atoms with Crippen LogP contribution < -0.4 is 10.1 Å². The van der Waals surface area contributed by atoms with E-state index in [9.17, 15) is 0 Å². The van der Waals surface area contributed by atoms with Gasteiger partial charge in [-0.1, -0.05) is 36.9 Å². The molecule has 0 aliphatic carbocycles. The van der Waals surface area contributed by atoms with Crippen molar-refractivity contribution in [2.45, 2.75) is 30.4 Å². The summed E-state index contributed by atoms with van der Waals surface area (Å²) in [4.78, 5) is 0. The molecule has 2 atom stereocenters. The lowest BCUT2D eigenvalue weighted by atomic mass is 10.0. The molecule has 0 amide bonds. The minimum atomic E-state index is 0.213. The van der Waals surface area contributed by atoms with Crippen LogP contribution in [0.5, 0.6) is 5.75 Å². The van der Waals surface area contributed by atoms with Gasteiger partial charge in [0.05, 0.1) is 11.3 Å². The molecule has 20 heavy (non-hydrogen) atoms. The van der Waals surface area contributed by atoms with E-state index in [1.807, 2.05) is 18.2 Å². The van der Waals surface area contributed by atoms with E-state index in [0.29, 0.717) is 17.7 Å². The number of fused-ring (bicyclic) bond motifs is 1. The maximum absolute atomic E-state index is 5.84. The quantitative estimate of drug-likeness (QED) is 0.934. The van der Waals surface area contributed by atoms with Crippen LogP contribution >= 0.6 is 11.8 Å². The number of rotatable bonds is 4. The molecule has 1 N–H and O–H groups in total. The van der Waals surface area contributed by atoms with Crippen molar-refractivity contribution in [3.8, 4) is 5.75 Å². The minimum absolute atomic E-state index is 0.213. The SMILES string of the molecule is CCNC1c2ccccc2OCC1Sc1nnc(C)o1. The number of hydrogen-bond acceptors (Lipinski definition) is 6. The van der Waals surface area contributed by atoms with Crippen LogP contribution in [0.1, 0.15) is 24.4 Å². The Bertz CT molecular complexity index is 587. The zero-order chi connectivity index (χ0) is 13.9. The fraction of sp³-hybridized carbons (Fsp3) is 0.429. The summed E-state index contributed by atoms with van der Waals surface area (Å²) in [6.45, 7) is 5.43. The van der Waals surface area contributed by atoms with E-state index >= 15 is 0 Å². The molecule has 2 unspecified atom stereocenters. The molecule has 1 aromatic carbocycles. The molecule has 106 valence electrons. The van der Waals surface area contributed by atoms with Gasteiger partial charge < -0.3 is 14.5 Å².